The molecule has 1 aliphatic rings. The minimum atomic E-state index is -4.99. The highest BCUT2D eigenvalue weighted by Gasteiger charge is 2.33. The first kappa shape index (κ1) is 24.5. The Morgan fingerprint density at radius 1 is 1.27 bits per heavy atom. The second-order valence-electron chi connectivity index (χ2n) is 6.61. The van der Waals surface area contributed by atoms with Gasteiger partial charge in [-0.2, -0.15) is 0 Å². The maximum absolute atomic E-state index is 14.4. The Balaban J connectivity index is 2.00. The molecule has 0 unspecified atom stereocenters. The Labute approximate surface area is 190 Å². The molecule has 0 atom stereocenters. The Bertz CT molecular complexity index is 1260. The maximum Gasteiger partial charge on any atom is 0.572 e. The molecule has 33 heavy (non-hydrogen) atoms. The number of nitrogens with zero attached hydrogens (tertiary/aromatic N) is 1. The van der Waals surface area contributed by atoms with E-state index in [0.717, 1.165) is 24.4 Å². The molecule has 1 heterocycles. The average molecular weight is 507 g/mol. The Morgan fingerprint density at radius 2 is 2.00 bits per heavy atom. The van der Waals surface area contributed by atoms with Gasteiger partial charge in [-0.3, -0.25) is 9.52 Å². The number of hydrogen-bond donors (Lipinski definition) is 1. The topological polar surface area (TPSA) is 94.6 Å². The van der Waals surface area contributed by atoms with Gasteiger partial charge in [0.1, 0.15) is 28.6 Å². The van der Waals surface area contributed by atoms with Crippen LogP contribution >= 0.6 is 11.6 Å². The number of carbonyl (C=O) groups excluding carboxylic acids is 1. The molecule has 0 spiro atoms. The number of alkyl halides is 3. The molecule has 3 rings (SSSR count). The zero-order valence-corrected chi connectivity index (χ0v) is 18.3. The van der Waals surface area contributed by atoms with Gasteiger partial charge in [-0.25, -0.2) is 17.8 Å². The van der Waals surface area contributed by atoms with Crippen molar-refractivity contribution in [3.63, 3.8) is 0 Å². The summed E-state index contributed by atoms with van der Waals surface area (Å²) >= 11 is 5.89. The number of ether oxygens (including phenoxy) is 2. The summed E-state index contributed by atoms with van der Waals surface area (Å²) in [4.78, 5) is 16.3. The molecule has 7 nitrogen and oxygen atoms in total. The molecule has 0 fully saturated rings. The minimum Gasteiger partial charge on any atom is -0.496 e. The third-order valence-corrected chi connectivity index (χ3v) is 5.93. The van der Waals surface area contributed by atoms with Crippen molar-refractivity contribution in [1.82, 2.24) is 4.98 Å². The lowest BCUT2D eigenvalue weighted by molar-refractivity contribution is -0.306. The second kappa shape index (κ2) is 9.40. The van der Waals surface area contributed by atoms with Crippen LogP contribution in [0.2, 0.25) is 5.02 Å². The van der Waals surface area contributed by atoms with Gasteiger partial charge in [-0.1, -0.05) is 23.7 Å². The molecule has 0 amide bonds. The van der Waals surface area contributed by atoms with Gasteiger partial charge in [0.2, 0.25) is 5.78 Å². The third kappa shape index (κ3) is 5.82. The molecule has 1 N–H and O–H groups in total. The predicted molar refractivity (Wildman–Crippen MR) is 111 cm³/mol. The van der Waals surface area contributed by atoms with Crippen molar-refractivity contribution < 1.29 is 40.2 Å². The number of aromatic nitrogens is 1. The largest absolute Gasteiger partial charge is 0.572 e. The highest BCUT2D eigenvalue weighted by Crippen LogP contribution is 2.32. The molecule has 0 aliphatic heterocycles. The molecule has 0 bridgehead atoms. The number of ketones is 1. The number of allylic oxidation sites excluding steroid dienone is 3. The maximum atomic E-state index is 14.4. The van der Waals surface area contributed by atoms with Crippen molar-refractivity contribution in [2.75, 3.05) is 11.8 Å². The van der Waals surface area contributed by atoms with Crippen LogP contribution in [0.4, 0.5) is 23.2 Å². The number of sulfonamides is 1. The molecule has 13 heteroatoms. The normalized spacial score (nSPS) is 14.2. The molecule has 1 aliphatic carbocycles. The third-order valence-electron chi connectivity index (χ3n) is 4.33. The summed E-state index contributed by atoms with van der Waals surface area (Å²) in [7, 11) is -3.28. The standard InChI is InChI=1S/C20H15ClF4N2O5S/c1-31-16-7-3-6-14(22)17(16)19(28)18-15(8-11(21)10-26-18)27-33(29,30)13-5-2-4-12(9-13)32-20(23,24)25/h3,5-10,27H,2,4H2,1H3. The van der Waals surface area contributed by atoms with E-state index in [1.807, 2.05) is 0 Å². The van der Waals surface area contributed by atoms with Crippen LogP contribution in [0.15, 0.2) is 53.3 Å². The predicted octanol–water partition coefficient (Wildman–Crippen LogP) is 4.95. The highest BCUT2D eigenvalue weighted by molar-refractivity contribution is 7.96. The van der Waals surface area contributed by atoms with E-state index in [0.29, 0.717) is 0 Å². The summed E-state index contributed by atoms with van der Waals surface area (Å²) in [6, 6.07) is 4.71. The first-order valence-electron chi connectivity index (χ1n) is 9.13. The zero-order valence-electron chi connectivity index (χ0n) is 16.7. The van der Waals surface area contributed by atoms with E-state index in [9.17, 15) is 30.8 Å². The summed E-state index contributed by atoms with van der Waals surface area (Å²) in [5, 5.41) is -0.0565. The Hall–Kier alpha value is -3.12. The summed E-state index contributed by atoms with van der Waals surface area (Å²) < 4.78 is 88.5. The van der Waals surface area contributed by atoms with E-state index in [4.69, 9.17) is 16.3 Å². The van der Waals surface area contributed by atoms with Crippen LogP contribution in [0.1, 0.15) is 28.9 Å². The first-order chi connectivity index (χ1) is 15.4. The van der Waals surface area contributed by atoms with Crippen molar-refractivity contribution in [1.29, 1.82) is 0 Å². The number of methoxy groups -OCH3 is 1. The van der Waals surface area contributed by atoms with E-state index < -0.39 is 55.6 Å². The number of pyridine rings is 1. The molecule has 0 radical (unpaired) electrons. The smallest absolute Gasteiger partial charge is 0.496 e. The van der Waals surface area contributed by atoms with Crippen molar-refractivity contribution in [2.45, 2.75) is 19.2 Å². The fourth-order valence-corrected chi connectivity index (χ4v) is 4.32. The van der Waals surface area contributed by atoms with E-state index in [-0.39, 0.29) is 23.6 Å². The van der Waals surface area contributed by atoms with E-state index >= 15 is 0 Å². The summed E-state index contributed by atoms with van der Waals surface area (Å²) in [6.07, 6.45) is -2.22. The van der Waals surface area contributed by atoms with Crippen LogP contribution in [0.25, 0.3) is 0 Å². The fourth-order valence-electron chi connectivity index (χ4n) is 2.98. The zero-order chi connectivity index (χ0) is 24.4. The monoisotopic (exact) mass is 506 g/mol. The number of halogens is 5. The lowest BCUT2D eigenvalue weighted by atomic mass is 10.0. The molecular weight excluding hydrogens is 492 g/mol. The molecule has 0 saturated heterocycles. The Kier molecular flexibility index (Phi) is 6.98. The van der Waals surface area contributed by atoms with Gasteiger partial charge in [0.15, 0.2) is 0 Å². The van der Waals surface area contributed by atoms with Crippen molar-refractivity contribution in [3.05, 3.63) is 75.4 Å². The van der Waals surface area contributed by atoms with Gasteiger partial charge in [0.05, 0.1) is 22.7 Å². The number of anilines is 1. The van der Waals surface area contributed by atoms with Gasteiger partial charge in [-0.05, 0) is 30.7 Å². The van der Waals surface area contributed by atoms with Crippen molar-refractivity contribution in [2.24, 2.45) is 0 Å². The minimum absolute atomic E-state index is 0.0375. The quantitative estimate of drug-likeness (QED) is 0.421. The van der Waals surface area contributed by atoms with Crippen LogP contribution in [-0.4, -0.2) is 32.7 Å². The van der Waals surface area contributed by atoms with E-state index in [1.54, 1.807) is 0 Å². The van der Waals surface area contributed by atoms with E-state index in [1.165, 1.54) is 25.3 Å². The van der Waals surface area contributed by atoms with Crippen LogP contribution in [-0.2, 0) is 14.8 Å². The number of benzene rings is 1. The highest BCUT2D eigenvalue weighted by atomic mass is 35.5. The molecular formula is C20H15ClF4N2O5S. The van der Waals surface area contributed by atoms with Crippen LogP contribution < -0.4 is 9.46 Å². The fraction of sp³-hybridized carbons (Fsp3) is 0.200. The molecule has 1 aromatic carbocycles. The van der Waals surface area contributed by atoms with Gasteiger partial charge < -0.3 is 9.47 Å². The number of carbonyl (C=O) groups is 1. The van der Waals surface area contributed by atoms with Crippen LogP contribution in [0.5, 0.6) is 5.75 Å². The molecule has 2 aromatic rings. The summed E-state index contributed by atoms with van der Waals surface area (Å²) in [6.45, 7) is 0. The summed E-state index contributed by atoms with van der Waals surface area (Å²) in [5.74, 6) is -2.65. The number of rotatable bonds is 7. The van der Waals surface area contributed by atoms with Gasteiger partial charge in [0, 0.05) is 12.6 Å². The average Bonchev–Trinajstić information content (AvgIpc) is 2.72. The van der Waals surface area contributed by atoms with Gasteiger partial charge in [-0.15, -0.1) is 13.2 Å². The van der Waals surface area contributed by atoms with Crippen LogP contribution in [0.3, 0.4) is 0 Å². The SMILES string of the molecule is COc1cccc(F)c1C(=O)c1ncc(Cl)cc1NS(=O)(=O)C1=CCCC(OC(F)(F)F)=C1. The Morgan fingerprint density at radius 3 is 2.67 bits per heavy atom. The lowest BCUT2D eigenvalue weighted by Crippen LogP contribution is -2.20. The number of hydrogen-bond acceptors (Lipinski definition) is 6. The van der Waals surface area contributed by atoms with Crippen molar-refractivity contribution in [3.8, 4) is 5.75 Å². The molecule has 1 aromatic heterocycles. The van der Waals surface area contributed by atoms with Crippen LogP contribution in [0, 0.1) is 5.82 Å². The number of nitrogens with one attached hydrogen (secondary N) is 1. The van der Waals surface area contributed by atoms with Gasteiger partial charge >= 0.3 is 6.36 Å². The first-order valence-corrected chi connectivity index (χ1v) is 11.0. The molecule has 0 saturated carbocycles. The lowest BCUT2D eigenvalue weighted by Gasteiger charge is -2.18. The molecule has 176 valence electrons. The van der Waals surface area contributed by atoms with Crippen molar-refractivity contribution >= 4 is 33.1 Å². The van der Waals surface area contributed by atoms with E-state index in [2.05, 4.69) is 14.4 Å². The second-order valence-corrected chi connectivity index (χ2v) is 8.72. The van der Waals surface area contributed by atoms with Gasteiger partial charge in [0.25, 0.3) is 10.0 Å². The summed E-state index contributed by atoms with van der Waals surface area (Å²) in [5.41, 5.74) is -1.40.